The number of alkyl halides is 3. The first-order valence-electron chi connectivity index (χ1n) is 6.62. The van der Waals surface area contributed by atoms with E-state index in [0.29, 0.717) is 18.0 Å². The van der Waals surface area contributed by atoms with Crippen LogP contribution in [0.1, 0.15) is 22.8 Å². The molecule has 0 unspecified atom stereocenters. The SMILES string of the molecule is CCOc1ccccc1NC(=O)c1cccc(C(F)(F)F)c1. The molecule has 0 spiro atoms. The van der Waals surface area contributed by atoms with Crippen LogP contribution in [0.2, 0.25) is 0 Å². The Labute approximate surface area is 125 Å². The largest absolute Gasteiger partial charge is 0.492 e. The van der Waals surface area contributed by atoms with Gasteiger partial charge >= 0.3 is 6.18 Å². The Bertz CT molecular complexity index is 668. The van der Waals surface area contributed by atoms with E-state index in [2.05, 4.69) is 5.32 Å². The molecular weight excluding hydrogens is 295 g/mol. The number of halogens is 3. The van der Waals surface area contributed by atoms with Crippen LogP contribution in [0.25, 0.3) is 0 Å². The number of carbonyl (C=O) groups excluding carboxylic acids is 1. The maximum absolute atomic E-state index is 12.7. The lowest BCUT2D eigenvalue weighted by molar-refractivity contribution is -0.137. The third-order valence-corrected chi connectivity index (χ3v) is 2.89. The highest BCUT2D eigenvalue weighted by Crippen LogP contribution is 2.30. The molecule has 1 amide bonds. The average molecular weight is 309 g/mol. The second-order valence-corrected chi connectivity index (χ2v) is 4.46. The Morgan fingerprint density at radius 1 is 1.14 bits per heavy atom. The van der Waals surface area contributed by atoms with Crippen molar-refractivity contribution in [2.45, 2.75) is 13.1 Å². The van der Waals surface area contributed by atoms with Gasteiger partial charge in [0.1, 0.15) is 5.75 Å². The molecule has 0 fully saturated rings. The van der Waals surface area contributed by atoms with Crippen molar-refractivity contribution in [3.63, 3.8) is 0 Å². The van der Waals surface area contributed by atoms with E-state index in [4.69, 9.17) is 4.74 Å². The van der Waals surface area contributed by atoms with Gasteiger partial charge in [-0.05, 0) is 37.3 Å². The monoisotopic (exact) mass is 309 g/mol. The van der Waals surface area contributed by atoms with Gasteiger partial charge in [0.2, 0.25) is 0 Å². The minimum Gasteiger partial charge on any atom is -0.492 e. The predicted octanol–water partition coefficient (Wildman–Crippen LogP) is 4.36. The number of rotatable bonds is 4. The van der Waals surface area contributed by atoms with Crippen molar-refractivity contribution in [3.05, 3.63) is 59.7 Å². The zero-order chi connectivity index (χ0) is 16.2. The fourth-order valence-corrected chi connectivity index (χ4v) is 1.88. The second-order valence-electron chi connectivity index (χ2n) is 4.46. The number of hydrogen-bond donors (Lipinski definition) is 1. The van der Waals surface area contributed by atoms with Gasteiger partial charge in [0, 0.05) is 5.56 Å². The van der Waals surface area contributed by atoms with Crippen LogP contribution < -0.4 is 10.1 Å². The molecule has 0 aliphatic rings. The third kappa shape index (κ3) is 3.78. The molecule has 2 rings (SSSR count). The topological polar surface area (TPSA) is 38.3 Å². The normalized spacial score (nSPS) is 11.1. The van der Waals surface area contributed by atoms with Crippen molar-refractivity contribution >= 4 is 11.6 Å². The summed E-state index contributed by atoms with van der Waals surface area (Å²) in [5, 5.41) is 2.56. The number of nitrogens with one attached hydrogen (secondary N) is 1. The predicted molar refractivity (Wildman–Crippen MR) is 77.0 cm³/mol. The minimum atomic E-state index is -4.49. The van der Waals surface area contributed by atoms with Crippen molar-refractivity contribution < 1.29 is 22.7 Å². The number of carbonyl (C=O) groups is 1. The lowest BCUT2D eigenvalue weighted by Crippen LogP contribution is -2.14. The van der Waals surface area contributed by atoms with Crippen LogP contribution in [0.5, 0.6) is 5.75 Å². The van der Waals surface area contributed by atoms with Crippen molar-refractivity contribution in [1.29, 1.82) is 0 Å². The van der Waals surface area contributed by atoms with E-state index >= 15 is 0 Å². The summed E-state index contributed by atoms with van der Waals surface area (Å²) in [4.78, 5) is 12.1. The molecule has 0 saturated heterocycles. The average Bonchev–Trinajstić information content (AvgIpc) is 2.49. The molecule has 0 aliphatic carbocycles. The number of para-hydroxylation sites is 2. The molecule has 1 N–H and O–H groups in total. The number of benzene rings is 2. The van der Waals surface area contributed by atoms with Crippen LogP contribution >= 0.6 is 0 Å². The van der Waals surface area contributed by atoms with E-state index in [1.807, 2.05) is 0 Å². The van der Waals surface area contributed by atoms with Gasteiger partial charge in [-0.1, -0.05) is 18.2 Å². The number of anilines is 1. The van der Waals surface area contributed by atoms with Crippen molar-refractivity contribution in [1.82, 2.24) is 0 Å². The van der Waals surface area contributed by atoms with Crippen LogP contribution in [0.3, 0.4) is 0 Å². The van der Waals surface area contributed by atoms with Gasteiger partial charge in [-0.2, -0.15) is 13.2 Å². The maximum Gasteiger partial charge on any atom is 0.416 e. The van der Waals surface area contributed by atoms with Crippen LogP contribution in [-0.4, -0.2) is 12.5 Å². The number of ether oxygens (including phenoxy) is 1. The standard InChI is InChI=1S/C16H14F3NO2/c1-2-22-14-9-4-3-8-13(14)20-15(21)11-6-5-7-12(10-11)16(17,18)19/h3-10H,2H2,1H3,(H,20,21). The molecule has 0 radical (unpaired) electrons. The van der Waals surface area contributed by atoms with Gasteiger partial charge in [0.25, 0.3) is 5.91 Å². The summed E-state index contributed by atoms with van der Waals surface area (Å²) in [5.74, 6) is -0.163. The Morgan fingerprint density at radius 3 is 2.55 bits per heavy atom. The molecule has 6 heteroatoms. The third-order valence-electron chi connectivity index (χ3n) is 2.89. The molecule has 3 nitrogen and oxygen atoms in total. The van der Waals surface area contributed by atoms with Crippen LogP contribution in [0, 0.1) is 0 Å². The molecular formula is C16H14F3NO2. The smallest absolute Gasteiger partial charge is 0.416 e. The van der Waals surface area contributed by atoms with E-state index in [1.54, 1.807) is 31.2 Å². The highest BCUT2D eigenvalue weighted by molar-refractivity contribution is 6.05. The van der Waals surface area contributed by atoms with Crippen LogP contribution in [0.15, 0.2) is 48.5 Å². The van der Waals surface area contributed by atoms with Crippen LogP contribution in [0.4, 0.5) is 18.9 Å². The summed E-state index contributed by atoms with van der Waals surface area (Å²) in [5.41, 5.74) is -0.522. The minimum absolute atomic E-state index is 0.0684. The molecule has 0 saturated carbocycles. The summed E-state index contributed by atoms with van der Waals surface area (Å²) in [7, 11) is 0. The maximum atomic E-state index is 12.7. The Balaban J connectivity index is 2.23. The first-order chi connectivity index (χ1) is 10.4. The first kappa shape index (κ1) is 15.9. The lowest BCUT2D eigenvalue weighted by Gasteiger charge is -2.12. The molecule has 116 valence electrons. The molecule has 0 aromatic heterocycles. The van der Waals surface area contributed by atoms with Crippen molar-refractivity contribution in [2.24, 2.45) is 0 Å². The van der Waals surface area contributed by atoms with E-state index in [1.165, 1.54) is 12.1 Å². The van der Waals surface area contributed by atoms with Crippen molar-refractivity contribution in [3.8, 4) is 5.75 Å². The molecule has 2 aromatic rings. The van der Waals surface area contributed by atoms with E-state index in [0.717, 1.165) is 12.1 Å². The molecule has 0 aliphatic heterocycles. The van der Waals surface area contributed by atoms with E-state index in [-0.39, 0.29) is 5.56 Å². The summed E-state index contributed by atoms with van der Waals surface area (Å²) in [6.45, 7) is 2.21. The summed E-state index contributed by atoms with van der Waals surface area (Å²) in [6.07, 6.45) is -4.49. The van der Waals surface area contributed by atoms with Gasteiger partial charge in [-0.3, -0.25) is 4.79 Å². The fourth-order valence-electron chi connectivity index (χ4n) is 1.88. The zero-order valence-electron chi connectivity index (χ0n) is 11.8. The van der Waals surface area contributed by atoms with Crippen molar-refractivity contribution in [2.75, 3.05) is 11.9 Å². The van der Waals surface area contributed by atoms with Gasteiger partial charge in [-0.15, -0.1) is 0 Å². The highest BCUT2D eigenvalue weighted by Gasteiger charge is 2.30. The fraction of sp³-hybridized carbons (Fsp3) is 0.188. The van der Waals surface area contributed by atoms with Gasteiger partial charge in [0.15, 0.2) is 0 Å². The van der Waals surface area contributed by atoms with E-state index in [9.17, 15) is 18.0 Å². The van der Waals surface area contributed by atoms with Gasteiger partial charge in [0.05, 0.1) is 17.9 Å². The molecule has 0 heterocycles. The molecule has 0 atom stereocenters. The van der Waals surface area contributed by atoms with Crippen LogP contribution in [-0.2, 0) is 6.18 Å². The van der Waals surface area contributed by atoms with E-state index < -0.39 is 17.6 Å². The molecule has 2 aromatic carbocycles. The Kier molecular flexibility index (Phi) is 4.70. The quantitative estimate of drug-likeness (QED) is 0.911. The Hall–Kier alpha value is -2.50. The Morgan fingerprint density at radius 2 is 1.86 bits per heavy atom. The van der Waals surface area contributed by atoms with Gasteiger partial charge in [-0.25, -0.2) is 0 Å². The van der Waals surface area contributed by atoms with Gasteiger partial charge < -0.3 is 10.1 Å². The zero-order valence-corrected chi connectivity index (χ0v) is 11.8. The second kappa shape index (κ2) is 6.51. The first-order valence-corrected chi connectivity index (χ1v) is 6.62. The molecule has 0 bridgehead atoms. The highest BCUT2D eigenvalue weighted by atomic mass is 19.4. The summed E-state index contributed by atoms with van der Waals surface area (Å²) >= 11 is 0. The number of hydrogen-bond acceptors (Lipinski definition) is 2. The summed E-state index contributed by atoms with van der Waals surface area (Å²) in [6, 6.07) is 11.0. The number of amides is 1. The molecule has 22 heavy (non-hydrogen) atoms. The summed E-state index contributed by atoms with van der Waals surface area (Å²) < 4.78 is 43.4. The lowest BCUT2D eigenvalue weighted by atomic mass is 10.1.